The number of ether oxygens (including phenoxy) is 1. The molecule has 118 valence electrons. The van der Waals surface area contributed by atoms with Crippen LogP contribution in [0.25, 0.3) is 0 Å². The second kappa shape index (κ2) is 7.99. The molecule has 0 radical (unpaired) electrons. The van der Waals surface area contributed by atoms with Crippen molar-refractivity contribution in [1.29, 1.82) is 0 Å². The Morgan fingerprint density at radius 2 is 2.10 bits per heavy atom. The van der Waals surface area contributed by atoms with Gasteiger partial charge in [-0.1, -0.05) is 13.8 Å². The average Bonchev–Trinajstić information content (AvgIpc) is 2.45. The smallest absolute Gasteiger partial charge is 0.325 e. The molecule has 4 heteroatoms. The van der Waals surface area contributed by atoms with Gasteiger partial charge in [0.1, 0.15) is 5.54 Å². The van der Waals surface area contributed by atoms with Gasteiger partial charge in [-0.05, 0) is 52.0 Å². The van der Waals surface area contributed by atoms with E-state index in [1.165, 1.54) is 20.0 Å². The standard InChI is InChI=1S/C16H32N2O2/c1-6-10-17-16(4,15(19)20-5)9-11-18-12-13(2)7-8-14(18)3/h13-14,17H,6-12H2,1-5H3. The molecule has 1 saturated heterocycles. The number of nitrogens with zero attached hydrogens (tertiary/aromatic N) is 1. The molecule has 20 heavy (non-hydrogen) atoms. The molecule has 0 aliphatic carbocycles. The van der Waals surface area contributed by atoms with Crippen molar-refractivity contribution in [2.45, 2.75) is 65.0 Å². The van der Waals surface area contributed by atoms with E-state index in [9.17, 15) is 4.79 Å². The van der Waals surface area contributed by atoms with Gasteiger partial charge >= 0.3 is 5.97 Å². The van der Waals surface area contributed by atoms with E-state index in [2.05, 4.69) is 31.0 Å². The zero-order valence-electron chi connectivity index (χ0n) is 13.9. The van der Waals surface area contributed by atoms with Gasteiger partial charge in [-0.15, -0.1) is 0 Å². The molecular weight excluding hydrogens is 252 g/mol. The molecule has 0 amide bonds. The van der Waals surface area contributed by atoms with Crippen LogP contribution in [0.3, 0.4) is 0 Å². The molecule has 0 aromatic carbocycles. The third-order valence-electron chi connectivity index (χ3n) is 4.55. The van der Waals surface area contributed by atoms with Crippen LogP contribution in [0.4, 0.5) is 0 Å². The highest BCUT2D eigenvalue weighted by Crippen LogP contribution is 2.23. The van der Waals surface area contributed by atoms with Crippen molar-refractivity contribution in [3.8, 4) is 0 Å². The van der Waals surface area contributed by atoms with Crippen molar-refractivity contribution in [1.82, 2.24) is 10.2 Å². The summed E-state index contributed by atoms with van der Waals surface area (Å²) in [5.74, 6) is 0.614. The fraction of sp³-hybridized carbons (Fsp3) is 0.938. The Labute approximate surface area is 124 Å². The summed E-state index contributed by atoms with van der Waals surface area (Å²) in [6, 6.07) is 0.624. The first-order valence-electron chi connectivity index (χ1n) is 8.00. The first-order valence-corrected chi connectivity index (χ1v) is 8.00. The van der Waals surface area contributed by atoms with E-state index < -0.39 is 5.54 Å². The Kier molecular flexibility index (Phi) is 6.96. The summed E-state index contributed by atoms with van der Waals surface area (Å²) in [7, 11) is 1.47. The van der Waals surface area contributed by atoms with Crippen molar-refractivity contribution in [2.75, 3.05) is 26.7 Å². The first-order chi connectivity index (χ1) is 9.42. The molecule has 0 aromatic heterocycles. The molecule has 1 N–H and O–H groups in total. The van der Waals surface area contributed by atoms with Gasteiger partial charge in [0.15, 0.2) is 0 Å². The molecule has 3 unspecified atom stereocenters. The second-order valence-corrected chi connectivity index (χ2v) is 6.53. The predicted molar refractivity (Wildman–Crippen MR) is 82.8 cm³/mol. The van der Waals surface area contributed by atoms with Gasteiger partial charge in [0.2, 0.25) is 0 Å². The van der Waals surface area contributed by atoms with Crippen LogP contribution < -0.4 is 5.32 Å². The number of likely N-dealkylation sites (tertiary alicyclic amines) is 1. The van der Waals surface area contributed by atoms with Crippen LogP contribution in [-0.4, -0.2) is 49.2 Å². The van der Waals surface area contributed by atoms with Crippen LogP contribution in [0, 0.1) is 5.92 Å². The lowest BCUT2D eigenvalue weighted by Crippen LogP contribution is -2.53. The van der Waals surface area contributed by atoms with Crippen LogP contribution in [0.1, 0.15) is 53.4 Å². The maximum Gasteiger partial charge on any atom is 0.325 e. The Bertz CT molecular complexity index is 309. The van der Waals surface area contributed by atoms with Gasteiger partial charge in [-0.25, -0.2) is 0 Å². The highest BCUT2D eigenvalue weighted by Gasteiger charge is 2.35. The minimum Gasteiger partial charge on any atom is -0.468 e. The summed E-state index contributed by atoms with van der Waals surface area (Å²) in [4.78, 5) is 14.6. The molecule has 1 fully saturated rings. The van der Waals surface area contributed by atoms with E-state index >= 15 is 0 Å². The molecular formula is C16H32N2O2. The van der Waals surface area contributed by atoms with Crippen LogP contribution in [-0.2, 0) is 9.53 Å². The molecule has 1 aliphatic rings. The highest BCUT2D eigenvalue weighted by molar-refractivity contribution is 5.80. The molecule has 0 aromatic rings. The lowest BCUT2D eigenvalue weighted by atomic mass is 9.92. The Morgan fingerprint density at radius 3 is 2.70 bits per heavy atom. The fourth-order valence-electron chi connectivity index (χ4n) is 2.95. The van der Waals surface area contributed by atoms with Crippen molar-refractivity contribution in [3.05, 3.63) is 0 Å². The van der Waals surface area contributed by atoms with E-state index in [0.717, 1.165) is 38.4 Å². The largest absolute Gasteiger partial charge is 0.468 e. The number of hydrogen-bond donors (Lipinski definition) is 1. The third-order valence-corrected chi connectivity index (χ3v) is 4.55. The molecule has 4 nitrogen and oxygen atoms in total. The lowest BCUT2D eigenvalue weighted by molar-refractivity contribution is -0.148. The minimum absolute atomic E-state index is 0.149. The number of esters is 1. The summed E-state index contributed by atoms with van der Waals surface area (Å²) in [6.07, 6.45) is 4.40. The van der Waals surface area contributed by atoms with E-state index in [1.54, 1.807) is 0 Å². The van der Waals surface area contributed by atoms with Crippen LogP contribution in [0.15, 0.2) is 0 Å². The van der Waals surface area contributed by atoms with Gasteiger partial charge in [-0.3, -0.25) is 4.79 Å². The highest BCUT2D eigenvalue weighted by atomic mass is 16.5. The molecule has 0 saturated carbocycles. The minimum atomic E-state index is -0.564. The Balaban J connectivity index is 2.58. The SMILES string of the molecule is CCCNC(C)(CCN1CC(C)CCC1C)C(=O)OC. The van der Waals surface area contributed by atoms with Gasteiger partial charge < -0.3 is 15.0 Å². The molecule has 1 aliphatic heterocycles. The summed E-state index contributed by atoms with van der Waals surface area (Å²) in [5.41, 5.74) is -0.564. The first kappa shape index (κ1) is 17.4. The zero-order valence-corrected chi connectivity index (χ0v) is 13.9. The number of carbonyl (C=O) groups excluding carboxylic acids is 1. The van der Waals surface area contributed by atoms with Crippen molar-refractivity contribution in [2.24, 2.45) is 5.92 Å². The van der Waals surface area contributed by atoms with E-state index in [0.29, 0.717) is 6.04 Å². The summed E-state index contributed by atoms with van der Waals surface area (Å²) < 4.78 is 4.98. The number of methoxy groups -OCH3 is 1. The number of hydrogen-bond acceptors (Lipinski definition) is 4. The van der Waals surface area contributed by atoms with Crippen molar-refractivity contribution < 1.29 is 9.53 Å². The predicted octanol–water partition coefficient (Wildman–Crippen LogP) is 2.43. The maximum absolute atomic E-state index is 12.1. The average molecular weight is 284 g/mol. The van der Waals surface area contributed by atoms with E-state index in [4.69, 9.17) is 4.74 Å². The van der Waals surface area contributed by atoms with Crippen LogP contribution >= 0.6 is 0 Å². The van der Waals surface area contributed by atoms with Crippen LogP contribution in [0.2, 0.25) is 0 Å². The Hall–Kier alpha value is -0.610. The summed E-state index contributed by atoms with van der Waals surface area (Å²) >= 11 is 0. The van der Waals surface area contributed by atoms with E-state index in [-0.39, 0.29) is 5.97 Å². The lowest BCUT2D eigenvalue weighted by Gasteiger charge is -2.39. The molecule has 0 spiro atoms. The monoisotopic (exact) mass is 284 g/mol. The summed E-state index contributed by atoms with van der Waals surface area (Å²) in [6.45, 7) is 11.6. The van der Waals surface area contributed by atoms with Crippen molar-refractivity contribution in [3.63, 3.8) is 0 Å². The second-order valence-electron chi connectivity index (χ2n) is 6.53. The number of carbonyl (C=O) groups is 1. The number of piperidine rings is 1. The fourth-order valence-corrected chi connectivity index (χ4v) is 2.95. The maximum atomic E-state index is 12.1. The third kappa shape index (κ3) is 4.74. The molecule has 1 heterocycles. The quantitative estimate of drug-likeness (QED) is 0.729. The molecule has 0 bridgehead atoms. The van der Waals surface area contributed by atoms with Crippen molar-refractivity contribution >= 4 is 5.97 Å². The molecule has 3 atom stereocenters. The van der Waals surface area contributed by atoms with Crippen LogP contribution in [0.5, 0.6) is 0 Å². The number of nitrogens with one attached hydrogen (secondary N) is 1. The number of rotatable bonds is 7. The zero-order chi connectivity index (χ0) is 15.2. The Morgan fingerprint density at radius 1 is 1.40 bits per heavy atom. The molecule has 1 rings (SSSR count). The normalized spacial score (nSPS) is 27.1. The van der Waals surface area contributed by atoms with Gasteiger partial charge in [0.05, 0.1) is 7.11 Å². The van der Waals surface area contributed by atoms with Gasteiger partial charge in [0.25, 0.3) is 0 Å². The topological polar surface area (TPSA) is 41.6 Å². The summed E-state index contributed by atoms with van der Waals surface area (Å²) in [5, 5.41) is 3.36. The van der Waals surface area contributed by atoms with Gasteiger partial charge in [0, 0.05) is 19.1 Å². The van der Waals surface area contributed by atoms with E-state index in [1.807, 2.05) is 6.92 Å². The van der Waals surface area contributed by atoms with Gasteiger partial charge in [-0.2, -0.15) is 0 Å².